The molecule has 0 heterocycles. The molecule has 0 unspecified atom stereocenters. The highest BCUT2D eigenvalue weighted by molar-refractivity contribution is 6.07. The van der Waals surface area contributed by atoms with E-state index in [0.717, 1.165) is 21.9 Å². The molecule has 0 aliphatic carbocycles. The van der Waals surface area contributed by atoms with Crippen LogP contribution in [-0.2, 0) is 4.79 Å². The largest absolute Gasteiger partial charge is 0.343 e. The number of hydrogen-bond acceptors (Lipinski definition) is 3. The summed E-state index contributed by atoms with van der Waals surface area (Å²) in [6, 6.07) is 23.0. The van der Waals surface area contributed by atoms with Gasteiger partial charge >= 0.3 is 0 Å². The summed E-state index contributed by atoms with van der Waals surface area (Å²) in [7, 11) is 0. The summed E-state index contributed by atoms with van der Waals surface area (Å²) in [5.41, 5.74) is 4.91. The molecular weight excluding hydrogens is 350 g/mol. The molecule has 0 saturated heterocycles. The van der Waals surface area contributed by atoms with Crippen LogP contribution in [0.3, 0.4) is 0 Å². The predicted octanol–water partition coefficient (Wildman–Crippen LogP) is 3.78. The third-order valence-corrected chi connectivity index (χ3v) is 4.10. The number of carbonyl (C=O) groups excluding carboxylic acids is 2. The van der Waals surface area contributed by atoms with Crippen LogP contribution >= 0.6 is 0 Å². The van der Waals surface area contributed by atoms with Crippen molar-refractivity contribution in [1.29, 1.82) is 0 Å². The number of hydrazone groups is 1. The van der Waals surface area contributed by atoms with Crippen LogP contribution in [0, 0.1) is 0 Å². The Hall–Kier alpha value is -3.73. The Morgan fingerprint density at radius 3 is 2.46 bits per heavy atom. The molecule has 0 atom stereocenters. The van der Waals surface area contributed by atoms with E-state index in [9.17, 15) is 9.59 Å². The summed E-state index contributed by atoms with van der Waals surface area (Å²) in [4.78, 5) is 24.3. The lowest BCUT2D eigenvalue weighted by Crippen LogP contribution is -2.35. The zero-order valence-electron chi connectivity index (χ0n) is 15.6. The molecule has 0 bridgehead atoms. The molecule has 0 aliphatic heterocycles. The summed E-state index contributed by atoms with van der Waals surface area (Å²) in [6.45, 7) is 1.74. The molecule has 3 rings (SSSR count). The van der Waals surface area contributed by atoms with Crippen molar-refractivity contribution in [3.63, 3.8) is 0 Å². The second-order valence-electron chi connectivity index (χ2n) is 6.30. The van der Waals surface area contributed by atoms with Gasteiger partial charge in [-0.05, 0) is 34.9 Å². The van der Waals surface area contributed by atoms with E-state index in [-0.39, 0.29) is 12.5 Å². The number of rotatable bonds is 6. The molecule has 28 heavy (non-hydrogen) atoms. The number of allylic oxidation sites excluding steroid dienone is 1. The molecule has 2 N–H and O–H groups in total. The van der Waals surface area contributed by atoms with Crippen molar-refractivity contribution in [2.75, 3.05) is 6.54 Å². The van der Waals surface area contributed by atoms with Gasteiger partial charge in [0.2, 0.25) is 0 Å². The molecule has 0 aliphatic rings. The Morgan fingerprint density at radius 1 is 0.929 bits per heavy atom. The molecule has 5 heteroatoms. The standard InChI is InChI=1S/C23H21N3O2/c1-17(14-18-8-3-2-4-9-18)15-25-26-22(27)16-24-23(28)21-13-7-11-19-10-5-6-12-20(19)21/h2-15H,16H2,1H3,(H,24,28)(H,26,27)/b17-14-,25-15+. The van der Waals surface area contributed by atoms with Crippen molar-refractivity contribution in [2.24, 2.45) is 5.10 Å². The van der Waals surface area contributed by atoms with Gasteiger partial charge in [0.1, 0.15) is 0 Å². The molecule has 3 aromatic carbocycles. The molecule has 0 aromatic heterocycles. The zero-order chi connectivity index (χ0) is 19.8. The maximum atomic E-state index is 12.4. The van der Waals surface area contributed by atoms with E-state index < -0.39 is 5.91 Å². The van der Waals surface area contributed by atoms with Gasteiger partial charge in [0.05, 0.1) is 12.8 Å². The van der Waals surface area contributed by atoms with E-state index in [1.807, 2.05) is 79.7 Å². The Labute approximate surface area is 163 Å². The first-order chi connectivity index (χ1) is 13.6. The van der Waals surface area contributed by atoms with Crippen molar-refractivity contribution >= 4 is 34.9 Å². The number of nitrogens with zero attached hydrogens (tertiary/aromatic N) is 1. The molecule has 0 fully saturated rings. The quantitative estimate of drug-likeness (QED) is 0.511. The summed E-state index contributed by atoms with van der Waals surface area (Å²) < 4.78 is 0. The van der Waals surface area contributed by atoms with E-state index in [0.29, 0.717) is 5.56 Å². The van der Waals surface area contributed by atoms with Crippen LogP contribution in [0.2, 0.25) is 0 Å². The third kappa shape index (κ3) is 5.14. The van der Waals surface area contributed by atoms with Crippen LogP contribution in [0.25, 0.3) is 16.8 Å². The van der Waals surface area contributed by atoms with Gasteiger partial charge in [-0.25, -0.2) is 5.43 Å². The molecule has 0 spiro atoms. The Morgan fingerprint density at radius 2 is 1.64 bits per heavy atom. The lowest BCUT2D eigenvalue weighted by Gasteiger charge is -2.07. The van der Waals surface area contributed by atoms with E-state index >= 15 is 0 Å². The second-order valence-corrected chi connectivity index (χ2v) is 6.30. The van der Waals surface area contributed by atoms with E-state index in [4.69, 9.17) is 0 Å². The first kappa shape index (κ1) is 19.0. The van der Waals surface area contributed by atoms with Gasteiger partial charge in [0, 0.05) is 5.56 Å². The van der Waals surface area contributed by atoms with Crippen LogP contribution in [0.1, 0.15) is 22.8 Å². The van der Waals surface area contributed by atoms with Crippen LogP contribution in [0.15, 0.2) is 83.5 Å². The SMILES string of the molecule is CC(=C/c1ccccc1)/C=N/NC(=O)CNC(=O)c1cccc2ccccc12. The summed E-state index contributed by atoms with van der Waals surface area (Å²) in [5.74, 6) is -0.687. The number of hydrogen-bond donors (Lipinski definition) is 2. The molecule has 0 saturated carbocycles. The fourth-order valence-electron chi connectivity index (χ4n) is 2.77. The van der Waals surface area contributed by atoms with Crippen molar-refractivity contribution < 1.29 is 9.59 Å². The monoisotopic (exact) mass is 371 g/mol. The number of amides is 2. The van der Waals surface area contributed by atoms with Crippen molar-refractivity contribution in [3.05, 3.63) is 89.5 Å². The van der Waals surface area contributed by atoms with Gasteiger partial charge in [-0.15, -0.1) is 0 Å². The molecule has 3 aromatic rings. The summed E-state index contributed by atoms with van der Waals surface area (Å²) >= 11 is 0. The molecule has 2 amide bonds. The Kier molecular flexibility index (Phi) is 6.31. The van der Waals surface area contributed by atoms with Gasteiger partial charge in [-0.3, -0.25) is 9.59 Å². The number of benzene rings is 3. The van der Waals surface area contributed by atoms with Gasteiger partial charge in [-0.1, -0.05) is 72.8 Å². The summed E-state index contributed by atoms with van der Waals surface area (Å²) in [5, 5.41) is 8.38. The molecule has 5 nitrogen and oxygen atoms in total. The first-order valence-corrected chi connectivity index (χ1v) is 8.95. The minimum absolute atomic E-state index is 0.152. The number of fused-ring (bicyclic) bond motifs is 1. The highest BCUT2D eigenvalue weighted by Crippen LogP contribution is 2.18. The van der Waals surface area contributed by atoms with Gasteiger partial charge < -0.3 is 5.32 Å². The fourth-order valence-corrected chi connectivity index (χ4v) is 2.77. The van der Waals surface area contributed by atoms with E-state index in [2.05, 4.69) is 15.8 Å². The average Bonchev–Trinajstić information content (AvgIpc) is 2.72. The molecule has 140 valence electrons. The van der Waals surface area contributed by atoms with Gasteiger partial charge in [-0.2, -0.15) is 5.10 Å². The highest BCUT2D eigenvalue weighted by atomic mass is 16.2. The maximum absolute atomic E-state index is 12.4. The highest BCUT2D eigenvalue weighted by Gasteiger charge is 2.10. The van der Waals surface area contributed by atoms with Crippen molar-refractivity contribution in [1.82, 2.24) is 10.7 Å². The minimum atomic E-state index is -0.391. The van der Waals surface area contributed by atoms with Crippen LogP contribution in [0.4, 0.5) is 0 Å². The minimum Gasteiger partial charge on any atom is -0.343 e. The van der Waals surface area contributed by atoms with E-state index in [1.165, 1.54) is 0 Å². The average molecular weight is 371 g/mol. The Bertz CT molecular complexity index is 1030. The van der Waals surface area contributed by atoms with Crippen molar-refractivity contribution in [3.8, 4) is 0 Å². The van der Waals surface area contributed by atoms with Crippen LogP contribution < -0.4 is 10.7 Å². The maximum Gasteiger partial charge on any atom is 0.259 e. The van der Waals surface area contributed by atoms with Crippen LogP contribution in [-0.4, -0.2) is 24.6 Å². The van der Waals surface area contributed by atoms with Crippen molar-refractivity contribution in [2.45, 2.75) is 6.92 Å². The summed E-state index contributed by atoms with van der Waals surface area (Å²) in [6.07, 6.45) is 3.52. The predicted molar refractivity (Wildman–Crippen MR) is 113 cm³/mol. The smallest absolute Gasteiger partial charge is 0.259 e. The number of nitrogens with one attached hydrogen (secondary N) is 2. The van der Waals surface area contributed by atoms with Gasteiger partial charge in [0.25, 0.3) is 11.8 Å². The Balaban J connectivity index is 1.52. The normalized spacial score (nSPS) is 11.5. The lowest BCUT2D eigenvalue weighted by molar-refractivity contribution is -0.120. The molecule has 0 radical (unpaired) electrons. The molecular formula is C23H21N3O2. The second kappa shape index (κ2) is 9.28. The van der Waals surface area contributed by atoms with E-state index in [1.54, 1.807) is 12.3 Å². The first-order valence-electron chi connectivity index (χ1n) is 8.95. The lowest BCUT2D eigenvalue weighted by atomic mass is 10.0. The third-order valence-electron chi connectivity index (χ3n) is 4.10. The number of carbonyl (C=O) groups is 2. The van der Waals surface area contributed by atoms with Gasteiger partial charge in [0.15, 0.2) is 0 Å². The fraction of sp³-hybridized carbons (Fsp3) is 0.0870. The zero-order valence-corrected chi connectivity index (χ0v) is 15.6. The topological polar surface area (TPSA) is 70.6 Å². The van der Waals surface area contributed by atoms with Crippen LogP contribution in [0.5, 0.6) is 0 Å².